The second kappa shape index (κ2) is 55.1. The molecule has 6 nitrogen and oxygen atoms in total. The molecule has 1 atom stereocenters. The Morgan fingerprint density at radius 3 is 1.13 bits per heavy atom. The maximum absolute atomic E-state index is 12.8. The molecule has 0 aromatic heterocycles. The van der Waals surface area contributed by atoms with Gasteiger partial charge in [0.1, 0.15) is 13.2 Å². The zero-order valence-corrected chi connectivity index (χ0v) is 43.6. The van der Waals surface area contributed by atoms with E-state index in [4.69, 9.17) is 14.2 Å². The van der Waals surface area contributed by atoms with Crippen molar-refractivity contribution in [2.75, 3.05) is 13.2 Å². The summed E-state index contributed by atoms with van der Waals surface area (Å²) in [5.74, 6) is -1.01. The molecule has 0 aliphatic carbocycles. The number of allylic oxidation sites excluding steroid dienone is 22. The van der Waals surface area contributed by atoms with Crippen molar-refractivity contribution in [2.45, 2.75) is 226 Å². The lowest BCUT2D eigenvalue weighted by Gasteiger charge is -2.18. The molecule has 0 fully saturated rings. The van der Waals surface area contributed by atoms with Crippen LogP contribution in [-0.4, -0.2) is 37.2 Å². The summed E-state index contributed by atoms with van der Waals surface area (Å²) in [6.45, 7) is 6.33. The molecule has 0 spiro atoms. The first-order chi connectivity index (χ1) is 33.5. The summed E-state index contributed by atoms with van der Waals surface area (Å²) in [5.41, 5.74) is 0. The third-order valence-electron chi connectivity index (χ3n) is 11.0. The van der Waals surface area contributed by atoms with Crippen LogP contribution in [0.4, 0.5) is 0 Å². The Kier molecular flexibility index (Phi) is 51.5. The van der Waals surface area contributed by atoms with Crippen LogP contribution in [0.2, 0.25) is 0 Å². The first kappa shape index (κ1) is 63.5. The maximum atomic E-state index is 12.8. The molecule has 0 aromatic carbocycles. The van der Waals surface area contributed by atoms with Crippen molar-refractivity contribution in [2.24, 2.45) is 0 Å². The molecule has 0 amide bonds. The fourth-order valence-electron chi connectivity index (χ4n) is 6.96. The van der Waals surface area contributed by atoms with Crippen LogP contribution in [0.3, 0.4) is 0 Å². The van der Waals surface area contributed by atoms with Crippen LogP contribution in [0.5, 0.6) is 0 Å². The molecule has 6 heteroatoms. The summed E-state index contributed by atoms with van der Waals surface area (Å²) in [6.07, 6.45) is 77.2. The summed E-state index contributed by atoms with van der Waals surface area (Å²) in [6, 6.07) is 0. The normalized spacial score (nSPS) is 13.2. The number of rotatable bonds is 47. The van der Waals surface area contributed by atoms with E-state index in [0.29, 0.717) is 19.3 Å². The smallest absolute Gasteiger partial charge is 0.306 e. The Morgan fingerprint density at radius 2 is 0.676 bits per heavy atom. The van der Waals surface area contributed by atoms with Gasteiger partial charge >= 0.3 is 17.9 Å². The van der Waals surface area contributed by atoms with Crippen LogP contribution < -0.4 is 0 Å². The Hall–Kier alpha value is -4.45. The number of unbranched alkanes of at least 4 members (excludes halogenated alkanes) is 20. The van der Waals surface area contributed by atoms with Gasteiger partial charge in [0, 0.05) is 19.3 Å². The van der Waals surface area contributed by atoms with Gasteiger partial charge in [-0.1, -0.05) is 244 Å². The molecule has 0 saturated heterocycles. The molecule has 0 radical (unpaired) electrons. The van der Waals surface area contributed by atoms with Crippen molar-refractivity contribution in [1.29, 1.82) is 0 Å². The number of esters is 3. The predicted octanol–water partition coefficient (Wildman–Crippen LogP) is 18.3. The zero-order valence-electron chi connectivity index (χ0n) is 43.6. The van der Waals surface area contributed by atoms with Crippen molar-refractivity contribution in [1.82, 2.24) is 0 Å². The molecule has 0 heterocycles. The van der Waals surface area contributed by atoms with Crippen LogP contribution in [0.15, 0.2) is 134 Å². The number of carbonyl (C=O) groups excluding carboxylic acids is 3. The quantitative estimate of drug-likeness (QED) is 0.0199. The molecular weight excluding hydrogens is 841 g/mol. The van der Waals surface area contributed by atoms with Crippen LogP contribution in [-0.2, 0) is 28.6 Å². The fraction of sp³-hybridized carbons (Fsp3) is 0.597. The topological polar surface area (TPSA) is 78.9 Å². The largest absolute Gasteiger partial charge is 0.462 e. The first-order valence-electron chi connectivity index (χ1n) is 27.3. The molecule has 0 rings (SSSR count). The minimum absolute atomic E-state index is 0.118. The van der Waals surface area contributed by atoms with E-state index in [0.717, 1.165) is 96.3 Å². The molecule has 382 valence electrons. The lowest BCUT2D eigenvalue weighted by atomic mass is 10.1. The Balaban J connectivity index is 4.57. The zero-order chi connectivity index (χ0) is 49.3. The Bertz CT molecular complexity index is 1500. The van der Waals surface area contributed by atoms with E-state index in [2.05, 4.69) is 118 Å². The molecule has 1 unspecified atom stereocenters. The predicted molar refractivity (Wildman–Crippen MR) is 292 cm³/mol. The highest BCUT2D eigenvalue weighted by Crippen LogP contribution is 2.13. The molecule has 0 bridgehead atoms. The van der Waals surface area contributed by atoms with E-state index < -0.39 is 6.10 Å². The summed E-state index contributed by atoms with van der Waals surface area (Å²) in [5, 5.41) is 0. The van der Waals surface area contributed by atoms with E-state index in [-0.39, 0.29) is 37.5 Å². The van der Waals surface area contributed by atoms with Crippen LogP contribution >= 0.6 is 0 Å². The highest BCUT2D eigenvalue weighted by atomic mass is 16.6. The summed E-state index contributed by atoms with van der Waals surface area (Å²) in [4.78, 5) is 38.1. The summed E-state index contributed by atoms with van der Waals surface area (Å²) in [7, 11) is 0. The number of ether oxygens (including phenoxy) is 3. The van der Waals surface area contributed by atoms with E-state index in [1.165, 1.54) is 77.0 Å². The summed E-state index contributed by atoms with van der Waals surface area (Å²) < 4.78 is 16.8. The van der Waals surface area contributed by atoms with E-state index >= 15 is 0 Å². The Morgan fingerprint density at radius 1 is 0.324 bits per heavy atom. The molecule has 68 heavy (non-hydrogen) atoms. The van der Waals surface area contributed by atoms with Gasteiger partial charge in [-0.3, -0.25) is 14.4 Å². The van der Waals surface area contributed by atoms with Crippen molar-refractivity contribution in [3.8, 4) is 0 Å². The van der Waals surface area contributed by atoms with E-state index in [1.807, 2.05) is 36.5 Å². The van der Waals surface area contributed by atoms with Crippen LogP contribution in [0.1, 0.15) is 220 Å². The molecule has 0 aliphatic heterocycles. The van der Waals surface area contributed by atoms with Gasteiger partial charge in [0.05, 0.1) is 0 Å². The van der Waals surface area contributed by atoms with Gasteiger partial charge < -0.3 is 14.2 Å². The highest BCUT2D eigenvalue weighted by molar-refractivity contribution is 5.71. The SMILES string of the molecule is CC\C=C/C=C\C=C/CCCCCCCCCC(=O)OCC(COC(=O)CCCCCCC\C=C/C=C\C=C/C=C\C=C/CCC)OC(=O)CCC/C=C\C/C=C\C/C=C\CCCCCCCC. The monoisotopic (exact) mass is 939 g/mol. The molecule has 0 aliphatic rings. The van der Waals surface area contributed by atoms with Gasteiger partial charge in [-0.05, 0) is 89.9 Å². The second-order valence-electron chi connectivity index (χ2n) is 17.6. The third kappa shape index (κ3) is 52.5. The lowest BCUT2D eigenvalue weighted by Crippen LogP contribution is -2.30. The van der Waals surface area contributed by atoms with Crippen molar-refractivity contribution in [3.05, 3.63) is 134 Å². The first-order valence-corrected chi connectivity index (χ1v) is 27.3. The molecule has 0 N–H and O–H groups in total. The number of carbonyl (C=O) groups is 3. The molecule has 0 saturated carbocycles. The Labute approximate surface area is 417 Å². The lowest BCUT2D eigenvalue weighted by molar-refractivity contribution is -0.167. The van der Waals surface area contributed by atoms with Crippen LogP contribution in [0.25, 0.3) is 0 Å². The average Bonchev–Trinajstić information content (AvgIpc) is 3.34. The van der Waals surface area contributed by atoms with E-state index in [9.17, 15) is 14.4 Å². The minimum Gasteiger partial charge on any atom is -0.462 e. The van der Waals surface area contributed by atoms with Crippen LogP contribution in [0, 0.1) is 0 Å². The standard InChI is InChI=1S/C62H98O6/c1-4-7-10-13-16-19-22-25-28-30-32-34-37-40-43-46-49-52-55-61(64)67-58-59(57-66-60(63)54-51-48-45-42-39-36-33-27-24-21-18-15-12-9-6-3)68-62(65)56-53-50-47-44-41-38-35-31-29-26-23-20-17-14-11-8-5-2/h9-10,12-13,15-16,18-19,21-22,24-26,28-30,32,34-35,38,44,47,59H,4-8,11,14,17,20,23,27,31,33,36-37,39-43,45-46,48-58H2,1-3H3/b12-9-,13-10-,18-15-,19-16-,24-21-,25-22-,29-26-,30-28-,34-32-,38-35-,47-44-. The van der Waals surface area contributed by atoms with Crippen molar-refractivity contribution in [3.63, 3.8) is 0 Å². The minimum atomic E-state index is -0.826. The highest BCUT2D eigenvalue weighted by Gasteiger charge is 2.19. The third-order valence-corrected chi connectivity index (χ3v) is 11.0. The molecule has 0 aromatic rings. The summed E-state index contributed by atoms with van der Waals surface area (Å²) >= 11 is 0. The van der Waals surface area contributed by atoms with Crippen molar-refractivity contribution >= 4 is 17.9 Å². The van der Waals surface area contributed by atoms with Gasteiger partial charge in [0.15, 0.2) is 6.10 Å². The number of hydrogen-bond acceptors (Lipinski definition) is 6. The van der Waals surface area contributed by atoms with E-state index in [1.54, 1.807) is 0 Å². The van der Waals surface area contributed by atoms with Gasteiger partial charge in [0.2, 0.25) is 0 Å². The average molecular weight is 939 g/mol. The van der Waals surface area contributed by atoms with Gasteiger partial charge in [-0.25, -0.2) is 0 Å². The maximum Gasteiger partial charge on any atom is 0.306 e. The van der Waals surface area contributed by atoms with Crippen molar-refractivity contribution < 1.29 is 28.6 Å². The second-order valence-corrected chi connectivity index (χ2v) is 17.6. The molecular formula is C62H98O6. The fourth-order valence-corrected chi connectivity index (χ4v) is 6.96. The number of hydrogen-bond donors (Lipinski definition) is 0. The van der Waals surface area contributed by atoms with Gasteiger partial charge in [-0.15, -0.1) is 0 Å². The van der Waals surface area contributed by atoms with Gasteiger partial charge in [-0.2, -0.15) is 0 Å². The van der Waals surface area contributed by atoms with Gasteiger partial charge in [0.25, 0.3) is 0 Å².